The van der Waals surface area contributed by atoms with Crippen molar-refractivity contribution in [3.63, 3.8) is 0 Å². The van der Waals surface area contributed by atoms with Crippen molar-refractivity contribution in [1.29, 1.82) is 0 Å². The van der Waals surface area contributed by atoms with E-state index in [1.807, 2.05) is 67.6 Å². The molecule has 150 valence electrons. The molecule has 0 bridgehead atoms. The van der Waals surface area contributed by atoms with E-state index in [4.69, 9.17) is 4.74 Å². The maximum atomic E-state index is 12.9. The zero-order chi connectivity index (χ0) is 21.1. The molecule has 0 unspecified atom stereocenters. The van der Waals surface area contributed by atoms with Crippen LogP contribution in [0.4, 0.5) is 5.69 Å². The normalized spacial score (nSPS) is 10.6. The third-order valence-corrected chi connectivity index (χ3v) is 5.04. The average molecular weight is 463 g/mol. The van der Waals surface area contributed by atoms with Crippen LogP contribution >= 0.6 is 15.9 Å². The second kappa shape index (κ2) is 8.51. The zero-order valence-corrected chi connectivity index (χ0v) is 18.1. The molecule has 4 aromatic rings. The number of carbonyl (C=O) groups excluding carboxylic acids is 1. The number of benzene rings is 3. The van der Waals surface area contributed by atoms with Crippen LogP contribution in [0.3, 0.4) is 0 Å². The number of carbonyl (C=O) groups is 1. The van der Waals surface area contributed by atoms with Crippen LogP contribution in [0.1, 0.15) is 16.2 Å². The molecule has 30 heavy (non-hydrogen) atoms. The first kappa shape index (κ1) is 19.8. The maximum absolute atomic E-state index is 12.9. The molecule has 0 saturated heterocycles. The van der Waals surface area contributed by atoms with Gasteiger partial charge in [0.05, 0.1) is 18.5 Å². The smallest absolute Gasteiger partial charge is 0.295 e. The minimum Gasteiger partial charge on any atom is -0.495 e. The van der Waals surface area contributed by atoms with Crippen LogP contribution in [0, 0.1) is 6.92 Å². The summed E-state index contributed by atoms with van der Waals surface area (Å²) in [5, 5.41) is 7.34. The predicted octanol–water partition coefficient (Wildman–Crippen LogP) is 5.27. The van der Waals surface area contributed by atoms with E-state index < -0.39 is 5.91 Å². The number of halogens is 1. The number of para-hydroxylation sites is 2. The van der Waals surface area contributed by atoms with Crippen molar-refractivity contribution in [2.45, 2.75) is 6.92 Å². The second-order valence-electron chi connectivity index (χ2n) is 6.67. The summed E-state index contributed by atoms with van der Waals surface area (Å²) in [4.78, 5) is 17.5. The lowest BCUT2D eigenvalue weighted by atomic mass is 10.1. The highest BCUT2D eigenvalue weighted by Gasteiger charge is 2.20. The van der Waals surface area contributed by atoms with E-state index >= 15 is 0 Å². The lowest BCUT2D eigenvalue weighted by molar-refractivity contribution is 0.101. The molecule has 4 rings (SSSR count). The van der Waals surface area contributed by atoms with Gasteiger partial charge in [-0.3, -0.25) is 4.79 Å². The summed E-state index contributed by atoms with van der Waals surface area (Å²) < 4.78 is 7.94. The molecule has 1 aromatic heterocycles. The number of nitrogens with one attached hydrogen (secondary N) is 1. The van der Waals surface area contributed by atoms with Gasteiger partial charge in [0.2, 0.25) is 5.82 Å². The van der Waals surface area contributed by atoms with E-state index in [9.17, 15) is 4.79 Å². The molecule has 0 fully saturated rings. The summed E-state index contributed by atoms with van der Waals surface area (Å²) in [5.41, 5.74) is 3.33. The van der Waals surface area contributed by atoms with E-state index in [1.165, 1.54) is 0 Å². The van der Waals surface area contributed by atoms with Crippen LogP contribution in [-0.2, 0) is 0 Å². The Bertz CT molecular complexity index is 1200. The Morgan fingerprint density at radius 2 is 1.80 bits per heavy atom. The van der Waals surface area contributed by atoms with Gasteiger partial charge in [0.15, 0.2) is 5.82 Å². The Morgan fingerprint density at radius 3 is 2.53 bits per heavy atom. The van der Waals surface area contributed by atoms with Gasteiger partial charge in [-0.2, -0.15) is 0 Å². The third kappa shape index (κ3) is 4.11. The number of nitrogens with zero attached hydrogens (tertiary/aromatic N) is 3. The molecule has 6 nitrogen and oxygen atoms in total. The molecule has 1 heterocycles. The largest absolute Gasteiger partial charge is 0.495 e. The molecule has 1 N–H and O–H groups in total. The molecule has 7 heteroatoms. The number of aromatic nitrogens is 3. The number of aryl methyl sites for hydroxylation is 1. The summed E-state index contributed by atoms with van der Waals surface area (Å²) in [7, 11) is 1.56. The van der Waals surface area contributed by atoms with Gasteiger partial charge in [0, 0.05) is 10.0 Å². The van der Waals surface area contributed by atoms with Gasteiger partial charge in [-0.15, -0.1) is 5.10 Å². The minimum atomic E-state index is -0.413. The highest BCUT2D eigenvalue weighted by atomic mass is 79.9. The van der Waals surface area contributed by atoms with E-state index in [-0.39, 0.29) is 5.82 Å². The van der Waals surface area contributed by atoms with Crippen molar-refractivity contribution in [2.75, 3.05) is 12.4 Å². The number of hydrogen-bond acceptors (Lipinski definition) is 4. The van der Waals surface area contributed by atoms with Crippen LogP contribution in [0.5, 0.6) is 5.75 Å². The molecule has 0 saturated carbocycles. The molecule has 1 amide bonds. The summed E-state index contributed by atoms with van der Waals surface area (Å²) >= 11 is 3.45. The van der Waals surface area contributed by atoms with Gasteiger partial charge in [0.1, 0.15) is 5.75 Å². The minimum absolute atomic E-state index is 0.0698. The Labute approximate surface area is 182 Å². The van der Waals surface area contributed by atoms with Gasteiger partial charge >= 0.3 is 0 Å². The number of hydrogen-bond donors (Lipinski definition) is 1. The highest BCUT2D eigenvalue weighted by molar-refractivity contribution is 9.10. The molecule has 3 aromatic carbocycles. The molecular formula is C23H19BrN4O2. The van der Waals surface area contributed by atoms with Crippen LogP contribution < -0.4 is 10.1 Å². The van der Waals surface area contributed by atoms with Crippen molar-refractivity contribution >= 4 is 27.5 Å². The van der Waals surface area contributed by atoms with Crippen molar-refractivity contribution in [3.8, 4) is 22.8 Å². The lowest BCUT2D eigenvalue weighted by Gasteiger charge is -2.08. The quantitative estimate of drug-likeness (QED) is 0.438. The van der Waals surface area contributed by atoms with Crippen molar-refractivity contribution < 1.29 is 9.53 Å². The molecule has 0 aliphatic carbocycles. The van der Waals surface area contributed by atoms with E-state index in [2.05, 4.69) is 31.3 Å². The topological polar surface area (TPSA) is 69.0 Å². The fourth-order valence-corrected chi connectivity index (χ4v) is 3.33. The first-order valence-corrected chi connectivity index (χ1v) is 10.1. The first-order valence-electron chi connectivity index (χ1n) is 9.29. The average Bonchev–Trinajstić information content (AvgIpc) is 3.20. The highest BCUT2D eigenvalue weighted by Crippen LogP contribution is 2.26. The zero-order valence-electron chi connectivity index (χ0n) is 16.5. The van der Waals surface area contributed by atoms with E-state index in [0.29, 0.717) is 17.3 Å². The summed E-state index contributed by atoms with van der Waals surface area (Å²) in [6, 6.07) is 22.8. The summed E-state index contributed by atoms with van der Waals surface area (Å²) in [5.74, 6) is 0.813. The van der Waals surface area contributed by atoms with Crippen molar-refractivity contribution in [2.24, 2.45) is 0 Å². The molecule has 0 aliphatic rings. The van der Waals surface area contributed by atoms with Gasteiger partial charge in [0.25, 0.3) is 5.91 Å². The van der Waals surface area contributed by atoms with E-state index in [1.54, 1.807) is 23.9 Å². The van der Waals surface area contributed by atoms with E-state index in [0.717, 1.165) is 21.3 Å². The van der Waals surface area contributed by atoms with Crippen LogP contribution in [-0.4, -0.2) is 27.8 Å². The van der Waals surface area contributed by atoms with Crippen molar-refractivity contribution in [3.05, 3.63) is 88.7 Å². The summed E-state index contributed by atoms with van der Waals surface area (Å²) in [6.45, 7) is 2.01. The number of methoxy groups -OCH3 is 1. The van der Waals surface area contributed by atoms with Gasteiger partial charge < -0.3 is 10.1 Å². The Balaban J connectivity index is 1.76. The van der Waals surface area contributed by atoms with Gasteiger partial charge in [-0.1, -0.05) is 51.8 Å². The van der Waals surface area contributed by atoms with Crippen LogP contribution in [0.15, 0.2) is 77.3 Å². The van der Waals surface area contributed by atoms with Crippen molar-refractivity contribution in [1.82, 2.24) is 14.8 Å². The van der Waals surface area contributed by atoms with Crippen LogP contribution in [0.25, 0.3) is 17.1 Å². The second-order valence-corrected chi connectivity index (χ2v) is 7.59. The Kier molecular flexibility index (Phi) is 5.63. The molecule has 0 atom stereocenters. The number of ether oxygens (including phenoxy) is 1. The Hall–Kier alpha value is -3.45. The molecular weight excluding hydrogens is 444 g/mol. The Morgan fingerprint density at radius 1 is 1.03 bits per heavy atom. The third-order valence-electron chi connectivity index (χ3n) is 4.51. The SMILES string of the molecule is COc1ccccc1NC(=O)c1nc(-c2cccc(C)c2)n(-c2ccc(Br)cc2)n1. The standard InChI is InChI=1S/C23H19BrN4O2/c1-15-6-5-7-16(14-15)22-26-21(27-28(22)18-12-10-17(24)11-13-18)23(29)25-19-8-3-4-9-20(19)30-2/h3-14H,1-2H3,(H,25,29). The van der Waals surface area contributed by atoms with Gasteiger partial charge in [-0.05, 0) is 49.4 Å². The van der Waals surface area contributed by atoms with Crippen LogP contribution in [0.2, 0.25) is 0 Å². The molecule has 0 aliphatic heterocycles. The lowest BCUT2D eigenvalue weighted by Crippen LogP contribution is -2.14. The first-order chi connectivity index (χ1) is 14.5. The predicted molar refractivity (Wildman–Crippen MR) is 120 cm³/mol. The molecule has 0 radical (unpaired) electrons. The van der Waals surface area contributed by atoms with Gasteiger partial charge in [-0.25, -0.2) is 9.67 Å². The fraction of sp³-hybridized carbons (Fsp3) is 0.0870. The number of anilines is 1. The number of amides is 1. The summed E-state index contributed by atoms with van der Waals surface area (Å²) in [6.07, 6.45) is 0. The monoisotopic (exact) mass is 462 g/mol. The maximum Gasteiger partial charge on any atom is 0.295 e. The fourth-order valence-electron chi connectivity index (χ4n) is 3.07. The molecule has 0 spiro atoms. The number of rotatable bonds is 5.